The molecule has 7 nitrogen and oxygen atoms in total. The van der Waals surface area contributed by atoms with Gasteiger partial charge in [-0.05, 0) is 29.6 Å². The Labute approximate surface area is 139 Å². The summed E-state index contributed by atoms with van der Waals surface area (Å²) in [4.78, 5) is 40.3. The van der Waals surface area contributed by atoms with Crippen molar-refractivity contribution in [1.82, 2.24) is 9.55 Å². The van der Waals surface area contributed by atoms with Crippen LogP contribution in [0.2, 0.25) is 0 Å². The fraction of sp³-hybridized carbons (Fsp3) is 0.125. The van der Waals surface area contributed by atoms with Crippen molar-refractivity contribution < 1.29 is 14.3 Å². The number of ether oxygens (including phenoxy) is 1. The van der Waals surface area contributed by atoms with Crippen molar-refractivity contribution >= 4 is 38.9 Å². The van der Waals surface area contributed by atoms with E-state index in [-0.39, 0.29) is 30.4 Å². The molecule has 1 aliphatic rings. The van der Waals surface area contributed by atoms with E-state index in [0.717, 1.165) is 0 Å². The number of Topliss-reactive ketones (excluding diaryl/α,β-unsaturated/α-hetero) is 1. The monoisotopic (exact) mass is 341 g/mol. The molecule has 0 fully saturated rings. The topological polar surface area (TPSA) is 90.3 Å². The fourth-order valence-electron chi connectivity index (χ4n) is 2.49. The number of aromatic nitrogens is 2. The Morgan fingerprint density at radius 1 is 1.33 bits per heavy atom. The molecule has 0 atom stereocenters. The molecule has 4 rings (SSSR count). The van der Waals surface area contributed by atoms with Gasteiger partial charge >= 0.3 is 0 Å². The summed E-state index contributed by atoms with van der Waals surface area (Å²) in [5, 5.41) is 4.44. The molecule has 0 unspecified atom stereocenters. The van der Waals surface area contributed by atoms with Crippen LogP contribution >= 0.6 is 11.3 Å². The maximum absolute atomic E-state index is 12.5. The molecule has 24 heavy (non-hydrogen) atoms. The van der Waals surface area contributed by atoms with Crippen molar-refractivity contribution in [3.8, 4) is 5.75 Å². The molecule has 0 radical (unpaired) electrons. The third-order valence-electron chi connectivity index (χ3n) is 3.68. The standard InChI is InChI=1S/C16H11N3O4S/c20-12(6-19-8-17-10-3-4-24-15(10)16(19)22)9-1-2-13-11(5-9)18-14(21)7-23-13/h1-5,8H,6-7H2,(H,18,21). The van der Waals surface area contributed by atoms with E-state index in [9.17, 15) is 14.4 Å². The minimum absolute atomic E-state index is 0.0395. The van der Waals surface area contributed by atoms with Crippen LogP contribution in [0.15, 0.2) is 40.8 Å². The SMILES string of the molecule is O=C1COc2ccc(C(=O)Cn3cnc4ccsc4c3=O)cc2N1. The maximum atomic E-state index is 12.5. The van der Waals surface area contributed by atoms with E-state index in [4.69, 9.17) is 4.74 Å². The third kappa shape index (κ3) is 2.46. The summed E-state index contributed by atoms with van der Waals surface area (Å²) in [7, 11) is 0. The number of hydrogen-bond acceptors (Lipinski definition) is 6. The molecule has 0 bridgehead atoms. The molecule has 0 saturated heterocycles. The van der Waals surface area contributed by atoms with Crippen LogP contribution in [0.5, 0.6) is 5.75 Å². The molecule has 0 spiro atoms. The van der Waals surface area contributed by atoms with Crippen molar-refractivity contribution in [3.63, 3.8) is 0 Å². The van der Waals surface area contributed by atoms with E-state index in [1.165, 1.54) is 22.2 Å². The van der Waals surface area contributed by atoms with Gasteiger partial charge in [0.25, 0.3) is 11.5 Å². The maximum Gasteiger partial charge on any atom is 0.271 e. The summed E-state index contributed by atoms with van der Waals surface area (Å²) >= 11 is 1.30. The highest BCUT2D eigenvalue weighted by Crippen LogP contribution is 2.28. The molecular formula is C16H11N3O4S. The largest absolute Gasteiger partial charge is 0.482 e. The molecule has 3 heterocycles. The minimum Gasteiger partial charge on any atom is -0.482 e. The van der Waals surface area contributed by atoms with Crippen LogP contribution in [-0.4, -0.2) is 27.8 Å². The van der Waals surface area contributed by atoms with Gasteiger partial charge in [-0.3, -0.25) is 19.0 Å². The number of ketones is 1. The van der Waals surface area contributed by atoms with Gasteiger partial charge < -0.3 is 10.1 Å². The van der Waals surface area contributed by atoms with Gasteiger partial charge in [0.15, 0.2) is 12.4 Å². The summed E-state index contributed by atoms with van der Waals surface area (Å²) in [5.74, 6) is -0.00178. The number of thiophene rings is 1. The van der Waals surface area contributed by atoms with Crippen molar-refractivity contribution in [3.05, 3.63) is 51.9 Å². The van der Waals surface area contributed by atoms with Gasteiger partial charge in [0.05, 0.1) is 24.1 Å². The molecule has 3 aromatic rings. The normalized spacial score (nSPS) is 13.2. The van der Waals surface area contributed by atoms with Gasteiger partial charge in [-0.25, -0.2) is 4.98 Å². The third-order valence-corrected chi connectivity index (χ3v) is 4.58. The van der Waals surface area contributed by atoms with Gasteiger partial charge in [-0.2, -0.15) is 0 Å². The van der Waals surface area contributed by atoms with Crippen LogP contribution in [-0.2, 0) is 11.3 Å². The minimum atomic E-state index is -0.268. The average Bonchev–Trinajstić information content (AvgIpc) is 3.06. The van der Waals surface area contributed by atoms with Crippen molar-refractivity contribution in [2.24, 2.45) is 0 Å². The van der Waals surface area contributed by atoms with Crippen molar-refractivity contribution in [2.45, 2.75) is 6.54 Å². The molecule has 0 saturated carbocycles. The molecule has 1 amide bonds. The first-order chi connectivity index (χ1) is 11.6. The lowest BCUT2D eigenvalue weighted by Crippen LogP contribution is -2.26. The average molecular weight is 341 g/mol. The zero-order chi connectivity index (χ0) is 16.7. The number of nitrogens with zero attached hydrogens (tertiary/aromatic N) is 2. The number of amides is 1. The fourth-order valence-corrected chi connectivity index (χ4v) is 3.29. The highest BCUT2D eigenvalue weighted by Gasteiger charge is 2.18. The smallest absolute Gasteiger partial charge is 0.271 e. The Morgan fingerprint density at radius 2 is 2.21 bits per heavy atom. The number of carbonyl (C=O) groups is 2. The second kappa shape index (κ2) is 5.57. The lowest BCUT2D eigenvalue weighted by atomic mass is 10.1. The summed E-state index contributed by atoms with van der Waals surface area (Å²) in [6, 6.07) is 6.56. The summed E-state index contributed by atoms with van der Waals surface area (Å²) in [5.41, 5.74) is 1.23. The van der Waals surface area contributed by atoms with Gasteiger partial charge in [0.2, 0.25) is 0 Å². The van der Waals surface area contributed by atoms with Crippen LogP contribution < -0.4 is 15.6 Å². The molecule has 1 aromatic carbocycles. The lowest BCUT2D eigenvalue weighted by molar-refractivity contribution is -0.118. The second-order valence-corrected chi connectivity index (χ2v) is 6.20. The number of benzene rings is 1. The molecular weight excluding hydrogens is 330 g/mol. The first-order valence-corrected chi connectivity index (χ1v) is 8.02. The number of rotatable bonds is 3. The first-order valence-electron chi connectivity index (χ1n) is 7.14. The summed E-state index contributed by atoms with van der Waals surface area (Å²) in [6.07, 6.45) is 1.37. The van der Waals surface area contributed by atoms with Crippen LogP contribution in [0.25, 0.3) is 10.2 Å². The van der Waals surface area contributed by atoms with Crippen LogP contribution in [0.1, 0.15) is 10.4 Å². The van der Waals surface area contributed by atoms with E-state index in [0.29, 0.717) is 27.2 Å². The number of carbonyl (C=O) groups excluding carboxylic acids is 2. The van der Waals surface area contributed by atoms with E-state index < -0.39 is 0 Å². The predicted octanol–water partition coefficient (Wildman–Crippen LogP) is 1.67. The quantitative estimate of drug-likeness (QED) is 0.732. The molecule has 2 aromatic heterocycles. The van der Waals surface area contributed by atoms with E-state index in [1.54, 1.807) is 29.6 Å². The van der Waals surface area contributed by atoms with Crippen molar-refractivity contribution in [1.29, 1.82) is 0 Å². The molecule has 0 aliphatic carbocycles. The van der Waals surface area contributed by atoms with Gasteiger partial charge in [0.1, 0.15) is 10.4 Å². The van der Waals surface area contributed by atoms with Crippen molar-refractivity contribution in [2.75, 3.05) is 11.9 Å². The molecule has 8 heteroatoms. The van der Waals surface area contributed by atoms with E-state index >= 15 is 0 Å². The number of anilines is 1. The number of hydrogen-bond donors (Lipinski definition) is 1. The van der Waals surface area contributed by atoms with Gasteiger partial charge in [-0.1, -0.05) is 0 Å². The lowest BCUT2D eigenvalue weighted by Gasteiger charge is -2.18. The van der Waals surface area contributed by atoms with Crippen LogP contribution in [0.3, 0.4) is 0 Å². The van der Waals surface area contributed by atoms with Crippen LogP contribution in [0.4, 0.5) is 5.69 Å². The molecule has 1 aliphatic heterocycles. The van der Waals surface area contributed by atoms with Gasteiger partial charge in [-0.15, -0.1) is 11.3 Å². The zero-order valence-corrected chi connectivity index (χ0v) is 13.1. The summed E-state index contributed by atoms with van der Waals surface area (Å²) in [6.45, 7) is -0.157. The zero-order valence-electron chi connectivity index (χ0n) is 12.3. The number of fused-ring (bicyclic) bond motifs is 2. The summed E-state index contributed by atoms with van der Waals surface area (Å²) < 4.78 is 7.07. The Hall–Kier alpha value is -3.00. The Balaban J connectivity index is 1.64. The first kappa shape index (κ1) is 14.6. The second-order valence-electron chi connectivity index (χ2n) is 5.28. The molecule has 1 N–H and O–H groups in total. The predicted molar refractivity (Wildman–Crippen MR) is 88.8 cm³/mol. The van der Waals surface area contributed by atoms with E-state index in [2.05, 4.69) is 10.3 Å². The Bertz CT molecular complexity index is 1040. The molecule has 120 valence electrons. The Kier molecular flexibility index (Phi) is 3.39. The van der Waals surface area contributed by atoms with Crippen LogP contribution in [0, 0.1) is 0 Å². The highest BCUT2D eigenvalue weighted by molar-refractivity contribution is 7.17. The Morgan fingerprint density at radius 3 is 3.08 bits per heavy atom. The highest BCUT2D eigenvalue weighted by atomic mass is 32.1. The van der Waals surface area contributed by atoms with E-state index in [1.807, 2.05) is 0 Å². The number of nitrogens with one attached hydrogen (secondary N) is 1. The van der Waals surface area contributed by atoms with Gasteiger partial charge in [0, 0.05) is 5.56 Å².